The van der Waals surface area contributed by atoms with Gasteiger partial charge in [-0.1, -0.05) is 23.2 Å². The summed E-state index contributed by atoms with van der Waals surface area (Å²) in [6.45, 7) is 0. The SMILES string of the molecule is N#Cc1c([S+]([O-])C(F)(Cl)Cl)cn(-c2c(Cl)cc(C(F)(F)F)cc2Cl)c1C(F)F. The Balaban J connectivity index is 2.84. The molecule has 0 spiro atoms. The second kappa shape index (κ2) is 8.05. The average Bonchev–Trinajstić information content (AvgIpc) is 2.90. The first-order chi connectivity index (χ1) is 12.7. The van der Waals surface area contributed by atoms with Crippen LogP contribution >= 0.6 is 46.4 Å². The van der Waals surface area contributed by atoms with Gasteiger partial charge in [-0.2, -0.15) is 22.8 Å². The van der Waals surface area contributed by atoms with E-state index < -0.39 is 65.1 Å². The normalized spacial score (nSPS) is 13.7. The van der Waals surface area contributed by atoms with Crippen molar-refractivity contribution in [3.63, 3.8) is 0 Å². The number of benzene rings is 1. The predicted octanol–water partition coefficient (Wildman–Crippen LogP) is 6.78. The van der Waals surface area contributed by atoms with Crippen molar-refractivity contribution < 1.29 is 30.9 Å². The predicted molar refractivity (Wildman–Crippen MR) is 92.4 cm³/mol. The molecule has 0 N–H and O–H groups in total. The second-order valence-electron chi connectivity index (χ2n) is 5.04. The molecule has 0 bridgehead atoms. The zero-order valence-electron chi connectivity index (χ0n) is 12.8. The van der Waals surface area contributed by atoms with Crippen LogP contribution in [0.25, 0.3) is 5.69 Å². The molecule has 0 saturated carbocycles. The molecule has 0 saturated heterocycles. The lowest BCUT2D eigenvalue weighted by Gasteiger charge is -2.15. The van der Waals surface area contributed by atoms with Crippen LogP contribution < -0.4 is 0 Å². The van der Waals surface area contributed by atoms with Gasteiger partial charge in [0.2, 0.25) is 0 Å². The smallest absolute Gasteiger partial charge is 0.423 e. The summed E-state index contributed by atoms with van der Waals surface area (Å²) in [6, 6.07) is 2.16. The number of nitriles is 1. The highest BCUT2D eigenvalue weighted by molar-refractivity contribution is 7.95. The minimum atomic E-state index is -4.83. The molecule has 0 fully saturated rings. The molecule has 0 radical (unpaired) electrons. The Morgan fingerprint density at radius 1 is 1.11 bits per heavy atom. The Kier molecular flexibility index (Phi) is 6.70. The Hall–Kier alpha value is -0.960. The Morgan fingerprint density at radius 2 is 1.61 bits per heavy atom. The van der Waals surface area contributed by atoms with E-state index >= 15 is 0 Å². The number of hydrogen-bond acceptors (Lipinski definition) is 2. The molecule has 0 aliphatic rings. The molecule has 1 aromatic heterocycles. The third kappa shape index (κ3) is 4.45. The fourth-order valence-corrected chi connectivity index (χ4v) is 4.19. The van der Waals surface area contributed by atoms with Gasteiger partial charge in [0.15, 0.2) is 4.90 Å². The molecule has 2 aromatic rings. The van der Waals surface area contributed by atoms with Crippen LogP contribution in [-0.4, -0.2) is 13.0 Å². The maximum atomic E-state index is 13.6. The molecule has 14 heteroatoms. The van der Waals surface area contributed by atoms with Crippen molar-refractivity contribution >= 4 is 57.6 Å². The van der Waals surface area contributed by atoms with Gasteiger partial charge < -0.3 is 9.12 Å². The molecule has 28 heavy (non-hydrogen) atoms. The van der Waals surface area contributed by atoms with Crippen molar-refractivity contribution in [1.29, 1.82) is 5.26 Å². The Morgan fingerprint density at radius 3 is 1.96 bits per heavy atom. The maximum Gasteiger partial charge on any atom is 0.423 e. The van der Waals surface area contributed by atoms with Crippen LogP contribution in [0.2, 0.25) is 10.0 Å². The van der Waals surface area contributed by atoms with Gasteiger partial charge >= 0.3 is 10.1 Å². The van der Waals surface area contributed by atoms with E-state index in [0.717, 1.165) is 0 Å². The van der Waals surface area contributed by atoms with Crippen LogP contribution in [0.5, 0.6) is 0 Å². The summed E-state index contributed by atoms with van der Waals surface area (Å²) >= 11 is 18.7. The number of alkyl halides is 8. The fourth-order valence-electron chi connectivity index (χ4n) is 2.23. The zero-order valence-corrected chi connectivity index (χ0v) is 16.6. The topological polar surface area (TPSA) is 51.8 Å². The van der Waals surface area contributed by atoms with E-state index in [1.54, 1.807) is 0 Å². The molecule has 152 valence electrons. The largest absolute Gasteiger partial charge is 0.607 e. The molecule has 0 amide bonds. The molecule has 1 aromatic carbocycles. The van der Waals surface area contributed by atoms with Gasteiger partial charge in [-0.3, -0.25) is 0 Å². The molecular formula is C14H4Cl4F6N2OS. The average molecular weight is 504 g/mol. The lowest BCUT2D eigenvalue weighted by molar-refractivity contribution is -0.137. The zero-order chi connectivity index (χ0) is 21.6. The lowest BCUT2D eigenvalue weighted by atomic mass is 10.2. The van der Waals surface area contributed by atoms with E-state index in [1.807, 2.05) is 0 Å². The standard InChI is InChI=1S/C14H4Cl4F6N2OS/c15-7-1-5(13(21,22)23)2-8(16)11(7)26-4-9(28(27)14(17,18)24)6(3-25)10(26)12(19)20/h1-2,4,12H. The van der Waals surface area contributed by atoms with Crippen molar-refractivity contribution in [1.82, 2.24) is 4.57 Å². The van der Waals surface area contributed by atoms with Crippen molar-refractivity contribution in [2.24, 2.45) is 0 Å². The van der Waals surface area contributed by atoms with Crippen LogP contribution in [0.1, 0.15) is 23.2 Å². The van der Waals surface area contributed by atoms with E-state index in [0.29, 0.717) is 22.9 Å². The molecule has 3 nitrogen and oxygen atoms in total. The van der Waals surface area contributed by atoms with Crippen LogP contribution in [0, 0.1) is 11.3 Å². The maximum absolute atomic E-state index is 13.6. The van der Waals surface area contributed by atoms with Gasteiger partial charge in [0.1, 0.15) is 17.3 Å². The summed E-state index contributed by atoms with van der Waals surface area (Å²) in [5.41, 5.74) is -3.90. The second-order valence-corrected chi connectivity index (χ2v) is 9.07. The van der Waals surface area contributed by atoms with E-state index in [2.05, 4.69) is 0 Å². The van der Waals surface area contributed by atoms with Crippen molar-refractivity contribution in [2.45, 2.75) is 21.4 Å². The highest BCUT2D eigenvalue weighted by Crippen LogP contribution is 2.43. The van der Waals surface area contributed by atoms with Gasteiger partial charge in [0.05, 0.1) is 38.7 Å². The number of halogens is 10. The molecule has 1 atom stereocenters. The summed E-state index contributed by atoms with van der Waals surface area (Å²) in [7, 11) is 0. The molecule has 1 heterocycles. The van der Waals surface area contributed by atoms with Gasteiger partial charge in [0, 0.05) is 0 Å². The summed E-state index contributed by atoms with van der Waals surface area (Å²) in [5, 5.41) is 7.74. The van der Waals surface area contributed by atoms with E-state index in [9.17, 15) is 30.9 Å². The van der Waals surface area contributed by atoms with Gasteiger partial charge in [-0.05, 0) is 35.3 Å². The molecule has 0 aliphatic carbocycles. The van der Waals surface area contributed by atoms with Gasteiger partial charge in [-0.25, -0.2) is 8.78 Å². The van der Waals surface area contributed by atoms with E-state index in [4.69, 9.17) is 51.7 Å². The van der Waals surface area contributed by atoms with Crippen LogP contribution in [0.15, 0.2) is 23.2 Å². The first kappa shape index (κ1) is 23.3. The monoisotopic (exact) mass is 502 g/mol. The highest BCUT2D eigenvalue weighted by Gasteiger charge is 2.44. The van der Waals surface area contributed by atoms with Crippen molar-refractivity contribution in [3.8, 4) is 11.8 Å². The van der Waals surface area contributed by atoms with E-state index in [1.165, 1.54) is 6.07 Å². The first-order valence-electron chi connectivity index (χ1n) is 6.68. The van der Waals surface area contributed by atoms with Crippen molar-refractivity contribution in [2.75, 3.05) is 0 Å². The summed E-state index contributed by atoms with van der Waals surface area (Å²) in [4.78, 5) is -0.822. The Labute approximate surface area is 176 Å². The highest BCUT2D eigenvalue weighted by atomic mass is 35.5. The number of hydrogen-bond donors (Lipinski definition) is 0. The van der Waals surface area contributed by atoms with Crippen molar-refractivity contribution in [3.05, 3.63) is 45.2 Å². The van der Waals surface area contributed by atoms with Gasteiger partial charge in [0.25, 0.3) is 6.43 Å². The quantitative estimate of drug-likeness (QED) is 0.262. The molecule has 2 rings (SSSR count). The van der Waals surface area contributed by atoms with Gasteiger partial charge in [-0.15, -0.1) is 0 Å². The third-order valence-electron chi connectivity index (χ3n) is 3.32. The Bertz CT molecular complexity index is 928. The van der Waals surface area contributed by atoms with Crippen LogP contribution in [-0.2, 0) is 17.4 Å². The summed E-state index contributed by atoms with van der Waals surface area (Å²) < 4.78 is 88.4. The third-order valence-corrected chi connectivity index (χ3v) is 5.87. The number of nitrogens with zero attached hydrogens (tertiary/aromatic N) is 2. The molecular weight excluding hydrogens is 500 g/mol. The first-order valence-corrected chi connectivity index (χ1v) is 9.35. The molecule has 1 unspecified atom stereocenters. The van der Waals surface area contributed by atoms with Crippen LogP contribution in [0.3, 0.4) is 0 Å². The minimum Gasteiger partial charge on any atom is -0.607 e. The van der Waals surface area contributed by atoms with E-state index in [-0.39, 0.29) is 0 Å². The molecule has 0 aliphatic heterocycles. The summed E-state index contributed by atoms with van der Waals surface area (Å²) in [5.74, 6) is 0. The lowest BCUT2D eigenvalue weighted by Crippen LogP contribution is -2.21. The summed E-state index contributed by atoms with van der Waals surface area (Å²) in [6.07, 6.45) is -7.64. The fraction of sp³-hybridized carbons (Fsp3) is 0.214. The minimum absolute atomic E-state index is 0.420. The van der Waals surface area contributed by atoms with Crippen LogP contribution in [0.4, 0.5) is 26.3 Å². The number of rotatable bonds is 4. The number of aromatic nitrogens is 1.